The van der Waals surface area contributed by atoms with Crippen LogP contribution in [0.1, 0.15) is 26.4 Å². The zero-order chi connectivity index (χ0) is 14.1. The highest BCUT2D eigenvalue weighted by Crippen LogP contribution is 2.20. The quantitative estimate of drug-likeness (QED) is 0.865. The second-order valence-electron chi connectivity index (χ2n) is 4.64. The lowest BCUT2D eigenvalue weighted by molar-refractivity contribution is 0.0664. The number of anilines is 1. The minimum atomic E-state index is -0.356. The van der Waals surface area contributed by atoms with E-state index in [4.69, 9.17) is 0 Å². The minimum Gasteiger partial charge on any atom is -0.367 e. The van der Waals surface area contributed by atoms with E-state index >= 15 is 0 Å². The Morgan fingerprint density at radius 3 is 2.75 bits per heavy atom. The molecule has 100 valence electrons. The summed E-state index contributed by atoms with van der Waals surface area (Å²) in [5.41, 5.74) is 2.57. The Balaban J connectivity index is 1.77. The van der Waals surface area contributed by atoms with Crippen molar-refractivity contribution < 1.29 is 9.59 Å². The highest BCUT2D eigenvalue weighted by atomic mass is 16.2. The van der Waals surface area contributed by atoms with Crippen molar-refractivity contribution in [2.45, 2.75) is 6.92 Å². The van der Waals surface area contributed by atoms with Gasteiger partial charge in [0.1, 0.15) is 5.69 Å². The van der Waals surface area contributed by atoms with E-state index in [0.29, 0.717) is 5.56 Å². The van der Waals surface area contributed by atoms with Crippen molar-refractivity contribution >= 4 is 17.5 Å². The number of nitrogens with zero attached hydrogens (tertiary/aromatic N) is 2. The Hall–Kier alpha value is -2.69. The van der Waals surface area contributed by atoms with Crippen LogP contribution in [-0.2, 0) is 0 Å². The van der Waals surface area contributed by atoms with Gasteiger partial charge in [-0.05, 0) is 36.8 Å². The summed E-state index contributed by atoms with van der Waals surface area (Å²) in [5, 5.41) is 3.08. The van der Waals surface area contributed by atoms with Crippen LogP contribution < -0.4 is 5.32 Å². The van der Waals surface area contributed by atoms with E-state index in [0.717, 1.165) is 11.3 Å². The number of carbonyl (C=O) groups is 2. The molecule has 0 spiro atoms. The lowest BCUT2D eigenvalue weighted by Gasteiger charge is -2.15. The summed E-state index contributed by atoms with van der Waals surface area (Å²) in [4.78, 5) is 29.4. The number of aryl methyl sites for hydroxylation is 1. The molecule has 1 aromatic heterocycles. The Morgan fingerprint density at radius 2 is 2.00 bits per heavy atom. The number of carbonyl (C=O) groups excluding carboxylic acids is 2. The maximum Gasteiger partial charge on any atom is 0.281 e. The van der Waals surface area contributed by atoms with Crippen LogP contribution in [0.25, 0.3) is 0 Å². The standard InChI is InChI=1S/C15H13N3O2/c1-10-4-2-5-11(8-10)17-9-18-14(19)12-6-3-7-16-13(12)15(18)20/h2-8,17H,9H2,1H3. The summed E-state index contributed by atoms with van der Waals surface area (Å²) < 4.78 is 0. The summed E-state index contributed by atoms with van der Waals surface area (Å²) in [6.45, 7) is 2.12. The molecule has 0 fully saturated rings. The number of hydrogen-bond acceptors (Lipinski definition) is 4. The first-order valence-corrected chi connectivity index (χ1v) is 6.28. The minimum absolute atomic E-state index is 0.136. The molecule has 0 saturated heterocycles. The van der Waals surface area contributed by atoms with Gasteiger partial charge in [0, 0.05) is 11.9 Å². The first-order chi connectivity index (χ1) is 9.66. The SMILES string of the molecule is Cc1cccc(NCN2C(=O)c3cccnc3C2=O)c1. The molecule has 2 heterocycles. The molecular weight excluding hydrogens is 254 g/mol. The van der Waals surface area contributed by atoms with Gasteiger partial charge in [0.25, 0.3) is 11.8 Å². The van der Waals surface area contributed by atoms with E-state index in [1.807, 2.05) is 31.2 Å². The number of pyridine rings is 1. The van der Waals surface area contributed by atoms with Crippen molar-refractivity contribution in [1.29, 1.82) is 0 Å². The van der Waals surface area contributed by atoms with Crippen molar-refractivity contribution in [2.24, 2.45) is 0 Å². The smallest absolute Gasteiger partial charge is 0.281 e. The van der Waals surface area contributed by atoms with E-state index in [9.17, 15) is 9.59 Å². The fourth-order valence-electron chi connectivity index (χ4n) is 2.18. The second-order valence-corrected chi connectivity index (χ2v) is 4.64. The number of nitrogens with one attached hydrogen (secondary N) is 1. The Kier molecular flexibility index (Phi) is 2.95. The van der Waals surface area contributed by atoms with Crippen LogP contribution in [0.4, 0.5) is 5.69 Å². The first kappa shape index (κ1) is 12.3. The molecule has 2 aromatic rings. The number of fused-ring (bicyclic) bond motifs is 1. The molecular formula is C15H13N3O2. The number of hydrogen-bond donors (Lipinski definition) is 1. The van der Waals surface area contributed by atoms with Crippen LogP contribution in [0, 0.1) is 6.92 Å². The van der Waals surface area contributed by atoms with Crippen molar-refractivity contribution in [2.75, 3.05) is 12.0 Å². The van der Waals surface area contributed by atoms with E-state index in [2.05, 4.69) is 10.3 Å². The Morgan fingerprint density at radius 1 is 1.15 bits per heavy atom. The number of rotatable bonds is 3. The van der Waals surface area contributed by atoms with Crippen LogP contribution in [0.2, 0.25) is 0 Å². The van der Waals surface area contributed by atoms with Crippen molar-refractivity contribution in [3.05, 3.63) is 59.4 Å². The van der Waals surface area contributed by atoms with Gasteiger partial charge in [-0.3, -0.25) is 19.5 Å². The zero-order valence-electron chi connectivity index (χ0n) is 11.0. The van der Waals surface area contributed by atoms with Crippen molar-refractivity contribution in [3.8, 4) is 0 Å². The molecule has 0 radical (unpaired) electrons. The van der Waals surface area contributed by atoms with Gasteiger partial charge in [0.15, 0.2) is 0 Å². The van der Waals surface area contributed by atoms with Crippen molar-refractivity contribution in [1.82, 2.24) is 9.88 Å². The third-order valence-electron chi connectivity index (χ3n) is 3.19. The number of benzene rings is 1. The molecule has 0 aliphatic carbocycles. The summed E-state index contributed by atoms with van der Waals surface area (Å²) in [6, 6.07) is 11.0. The molecule has 0 bridgehead atoms. The molecule has 0 unspecified atom stereocenters. The molecule has 1 aliphatic rings. The summed E-state index contributed by atoms with van der Waals surface area (Å²) in [7, 11) is 0. The zero-order valence-corrected chi connectivity index (χ0v) is 11.0. The third-order valence-corrected chi connectivity index (χ3v) is 3.19. The third kappa shape index (κ3) is 2.03. The molecule has 1 N–H and O–H groups in total. The Bertz CT molecular complexity index is 662. The van der Waals surface area contributed by atoms with Crippen LogP contribution in [0.5, 0.6) is 0 Å². The normalized spacial score (nSPS) is 13.6. The van der Waals surface area contributed by atoms with Gasteiger partial charge in [-0.15, -0.1) is 0 Å². The maximum atomic E-state index is 12.1. The highest BCUT2D eigenvalue weighted by molar-refractivity contribution is 6.20. The van der Waals surface area contributed by atoms with E-state index in [1.54, 1.807) is 12.1 Å². The molecule has 5 nitrogen and oxygen atoms in total. The van der Waals surface area contributed by atoms with Crippen LogP contribution in [-0.4, -0.2) is 28.4 Å². The maximum absolute atomic E-state index is 12.1. The predicted octanol–water partition coefficient (Wildman–Crippen LogP) is 2.06. The van der Waals surface area contributed by atoms with Gasteiger partial charge in [0.05, 0.1) is 12.2 Å². The van der Waals surface area contributed by atoms with Gasteiger partial charge >= 0.3 is 0 Å². The molecule has 20 heavy (non-hydrogen) atoms. The lowest BCUT2D eigenvalue weighted by atomic mass is 10.2. The Labute approximate surface area is 116 Å². The molecule has 1 aliphatic heterocycles. The fraction of sp³-hybridized carbons (Fsp3) is 0.133. The first-order valence-electron chi connectivity index (χ1n) is 6.28. The second kappa shape index (κ2) is 4.77. The topological polar surface area (TPSA) is 62.3 Å². The lowest BCUT2D eigenvalue weighted by Crippen LogP contribution is -2.34. The highest BCUT2D eigenvalue weighted by Gasteiger charge is 2.36. The van der Waals surface area contributed by atoms with Gasteiger partial charge in [-0.2, -0.15) is 0 Å². The molecule has 0 atom stereocenters. The largest absolute Gasteiger partial charge is 0.367 e. The monoisotopic (exact) mass is 267 g/mol. The van der Waals surface area contributed by atoms with E-state index < -0.39 is 0 Å². The molecule has 3 rings (SSSR count). The van der Waals surface area contributed by atoms with Gasteiger partial charge in [0.2, 0.25) is 0 Å². The van der Waals surface area contributed by atoms with Gasteiger partial charge in [-0.1, -0.05) is 12.1 Å². The fourth-order valence-corrected chi connectivity index (χ4v) is 2.18. The van der Waals surface area contributed by atoms with Crippen LogP contribution in [0.3, 0.4) is 0 Å². The molecule has 0 saturated carbocycles. The molecule has 5 heteroatoms. The van der Waals surface area contributed by atoms with E-state index in [1.165, 1.54) is 11.1 Å². The summed E-state index contributed by atoms with van der Waals surface area (Å²) in [5.74, 6) is -0.663. The molecule has 1 aromatic carbocycles. The van der Waals surface area contributed by atoms with Crippen LogP contribution in [0.15, 0.2) is 42.6 Å². The number of aromatic nitrogens is 1. The average molecular weight is 267 g/mol. The molecule has 2 amide bonds. The van der Waals surface area contributed by atoms with Gasteiger partial charge < -0.3 is 5.32 Å². The predicted molar refractivity (Wildman–Crippen MR) is 74.4 cm³/mol. The van der Waals surface area contributed by atoms with Gasteiger partial charge in [-0.25, -0.2) is 0 Å². The van der Waals surface area contributed by atoms with Crippen LogP contribution >= 0.6 is 0 Å². The number of amides is 2. The van der Waals surface area contributed by atoms with Crippen molar-refractivity contribution in [3.63, 3.8) is 0 Å². The van der Waals surface area contributed by atoms with E-state index in [-0.39, 0.29) is 24.2 Å². The summed E-state index contributed by atoms with van der Waals surface area (Å²) >= 11 is 0. The number of imide groups is 1. The average Bonchev–Trinajstić information content (AvgIpc) is 2.70. The summed E-state index contributed by atoms with van der Waals surface area (Å²) in [6.07, 6.45) is 1.52.